The van der Waals surface area contributed by atoms with E-state index in [1.165, 1.54) is 0 Å². The normalized spacial score (nSPS) is 10.6. The van der Waals surface area contributed by atoms with Crippen molar-refractivity contribution in [2.75, 3.05) is 17.7 Å². The Balaban J connectivity index is 1.59. The Bertz CT molecular complexity index is 1190. The van der Waals surface area contributed by atoms with Crippen LogP contribution < -0.4 is 15.4 Å². The first-order valence-electron chi connectivity index (χ1n) is 9.17. The molecule has 0 saturated heterocycles. The lowest BCUT2D eigenvalue weighted by molar-refractivity contribution is 0.102. The van der Waals surface area contributed by atoms with Crippen LogP contribution >= 0.6 is 0 Å². The minimum atomic E-state index is -0.240. The number of ether oxygens (including phenoxy) is 1. The maximum atomic E-state index is 12.8. The molecule has 0 aliphatic heterocycles. The summed E-state index contributed by atoms with van der Waals surface area (Å²) in [7, 11) is 1.58. The van der Waals surface area contributed by atoms with E-state index in [9.17, 15) is 4.79 Å². The molecule has 0 aliphatic rings. The third-order valence-corrected chi connectivity index (χ3v) is 4.52. The van der Waals surface area contributed by atoms with Crippen molar-refractivity contribution in [1.29, 1.82) is 0 Å². The number of anilines is 3. The van der Waals surface area contributed by atoms with Crippen LogP contribution in [0, 0.1) is 6.92 Å². The molecule has 6 nitrogen and oxygen atoms in total. The molecule has 0 aliphatic carbocycles. The number of hydrogen-bond donors (Lipinski definition) is 2. The molecule has 0 spiro atoms. The van der Waals surface area contributed by atoms with Gasteiger partial charge in [-0.05, 0) is 48.9 Å². The molecule has 2 aromatic carbocycles. The van der Waals surface area contributed by atoms with Crippen LogP contribution in [-0.4, -0.2) is 23.0 Å². The van der Waals surface area contributed by atoms with E-state index in [0.717, 1.165) is 22.2 Å². The molecular formula is C23H20N4O2. The minimum Gasteiger partial charge on any atom is -0.495 e. The number of nitrogens with one attached hydrogen (secondary N) is 2. The molecule has 4 aromatic rings. The third kappa shape index (κ3) is 4.01. The lowest BCUT2D eigenvalue weighted by Gasteiger charge is -2.12. The molecule has 0 fully saturated rings. The average Bonchev–Trinajstić information content (AvgIpc) is 2.74. The number of methoxy groups -OCH3 is 1. The van der Waals surface area contributed by atoms with Gasteiger partial charge in [-0.3, -0.25) is 9.78 Å². The number of aryl methyl sites for hydroxylation is 1. The third-order valence-electron chi connectivity index (χ3n) is 4.52. The molecule has 1 amide bonds. The lowest BCUT2D eigenvalue weighted by atomic mass is 10.1. The second kappa shape index (κ2) is 7.98. The van der Waals surface area contributed by atoms with Gasteiger partial charge >= 0.3 is 0 Å². The number of para-hydroxylation sites is 1. The second-order valence-electron chi connectivity index (χ2n) is 6.59. The molecular weight excluding hydrogens is 364 g/mol. The Morgan fingerprint density at radius 1 is 0.931 bits per heavy atom. The van der Waals surface area contributed by atoms with Crippen LogP contribution in [0.25, 0.3) is 10.9 Å². The first-order valence-corrected chi connectivity index (χ1v) is 9.17. The van der Waals surface area contributed by atoms with Crippen LogP contribution in [-0.2, 0) is 0 Å². The summed E-state index contributed by atoms with van der Waals surface area (Å²) < 4.78 is 5.33. The average molecular weight is 384 g/mol. The van der Waals surface area contributed by atoms with Gasteiger partial charge in [0.1, 0.15) is 11.6 Å². The van der Waals surface area contributed by atoms with Gasteiger partial charge in [-0.1, -0.05) is 24.3 Å². The van der Waals surface area contributed by atoms with E-state index in [1.54, 1.807) is 31.6 Å². The van der Waals surface area contributed by atoms with Crippen LogP contribution in [0.1, 0.15) is 15.9 Å². The number of fused-ring (bicyclic) bond motifs is 1. The molecule has 0 unspecified atom stereocenters. The van der Waals surface area contributed by atoms with E-state index < -0.39 is 0 Å². The Labute approximate surface area is 168 Å². The Hall–Kier alpha value is -3.93. The number of carbonyl (C=O) groups is 1. The van der Waals surface area contributed by atoms with Gasteiger partial charge in [-0.25, -0.2) is 4.98 Å². The van der Waals surface area contributed by atoms with Gasteiger partial charge in [-0.2, -0.15) is 0 Å². The van der Waals surface area contributed by atoms with E-state index in [-0.39, 0.29) is 5.91 Å². The van der Waals surface area contributed by atoms with Crippen molar-refractivity contribution in [3.05, 3.63) is 84.2 Å². The summed E-state index contributed by atoms with van der Waals surface area (Å²) in [6.45, 7) is 1.96. The predicted molar refractivity (Wildman–Crippen MR) is 115 cm³/mol. The minimum absolute atomic E-state index is 0.240. The predicted octanol–water partition coefficient (Wildman–Crippen LogP) is 4.94. The number of rotatable bonds is 5. The summed E-state index contributed by atoms with van der Waals surface area (Å²) in [6, 6.07) is 18.8. The van der Waals surface area contributed by atoms with E-state index in [2.05, 4.69) is 20.6 Å². The molecule has 0 atom stereocenters. The summed E-state index contributed by atoms with van der Waals surface area (Å²) >= 11 is 0. The molecule has 0 saturated carbocycles. The highest BCUT2D eigenvalue weighted by Gasteiger charge is 2.12. The van der Waals surface area contributed by atoms with Crippen LogP contribution in [0.2, 0.25) is 0 Å². The molecule has 6 heteroatoms. The zero-order valence-corrected chi connectivity index (χ0v) is 16.1. The van der Waals surface area contributed by atoms with Crippen molar-refractivity contribution < 1.29 is 9.53 Å². The van der Waals surface area contributed by atoms with E-state index >= 15 is 0 Å². The van der Waals surface area contributed by atoms with Crippen molar-refractivity contribution in [1.82, 2.24) is 9.97 Å². The van der Waals surface area contributed by atoms with Gasteiger partial charge in [0.15, 0.2) is 0 Å². The highest BCUT2D eigenvalue weighted by atomic mass is 16.5. The second-order valence-corrected chi connectivity index (χ2v) is 6.59. The summed E-state index contributed by atoms with van der Waals surface area (Å²) in [5.41, 5.74) is 3.81. The topological polar surface area (TPSA) is 76.1 Å². The molecule has 0 radical (unpaired) electrons. The molecule has 2 N–H and O–H groups in total. The number of amides is 1. The van der Waals surface area contributed by atoms with Crippen molar-refractivity contribution in [2.24, 2.45) is 0 Å². The highest BCUT2D eigenvalue weighted by molar-refractivity contribution is 6.05. The molecule has 29 heavy (non-hydrogen) atoms. The van der Waals surface area contributed by atoms with Gasteiger partial charge in [0.2, 0.25) is 0 Å². The molecule has 0 bridgehead atoms. The van der Waals surface area contributed by atoms with E-state index in [1.807, 2.05) is 55.5 Å². The maximum absolute atomic E-state index is 12.8. The van der Waals surface area contributed by atoms with Crippen molar-refractivity contribution in [3.8, 4) is 5.75 Å². The van der Waals surface area contributed by atoms with E-state index in [4.69, 9.17) is 4.74 Å². The summed E-state index contributed by atoms with van der Waals surface area (Å²) in [5, 5.41) is 7.19. The Kier molecular flexibility index (Phi) is 5.07. The van der Waals surface area contributed by atoms with Crippen molar-refractivity contribution >= 4 is 34.0 Å². The van der Waals surface area contributed by atoms with Gasteiger partial charge in [0.25, 0.3) is 5.91 Å². The molecule has 2 aromatic heterocycles. The molecule has 144 valence electrons. The summed E-state index contributed by atoms with van der Waals surface area (Å²) in [4.78, 5) is 21.5. The largest absolute Gasteiger partial charge is 0.495 e. The van der Waals surface area contributed by atoms with Crippen LogP contribution in [0.5, 0.6) is 5.75 Å². The first kappa shape index (κ1) is 18.4. The van der Waals surface area contributed by atoms with Gasteiger partial charge in [0, 0.05) is 23.3 Å². The zero-order chi connectivity index (χ0) is 20.2. The smallest absolute Gasteiger partial charge is 0.255 e. The fraction of sp³-hybridized carbons (Fsp3) is 0.0870. The number of pyridine rings is 2. The Morgan fingerprint density at radius 3 is 2.66 bits per heavy atom. The first-order chi connectivity index (χ1) is 14.1. The van der Waals surface area contributed by atoms with Gasteiger partial charge in [-0.15, -0.1) is 0 Å². The van der Waals surface area contributed by atoms with Crippen LogP contribution in [0.15, 0.2) is 73.1 Å². The van der Waals surface area contributed by atoms with E-state index in [0.29, 0.717) is 22.8 Å². The number of hydrogen-bond acceptors (Lipinski definition) is 5. The summed E-state index contributed by atoms with van der Waals surface area (Å²) in [5.74, 6) is 0.931. The van der Waals surface area contributed by atoms with Crippen LogP contribution in [0.3, 0.4) is 0 Å². The van der Waals surface area contributed by atoms with Crippen molar-refractivity contribution in [3.63, 3.8) is 0 Å². The fourth-order valence-corrected chi connectivity index (χ4v) is 3.10. The number of benzene rings is 2. The van der Waals surface area contributed by atoms with Gasteiger partial charge in [0.05, 0.1) is 24.0 Å². The summed E-state index contributed by atoms with van der Waals surface area (Å²) in [6.07, 6.45) is 3.35. The maximum Gasteiger partial charge on any atom is 0.255 e. The SMILES string of the molecule is COc1ccc(C)cc1NC(=O)c1ccnc(Nc2cccc3cccnc23)c1. The standard InChI is InChI=1S/C23H20N4O2/c1-15-8-9-20(29-2)19(13-15)27-23(28)17-10-12-24-21(14-17)26-18-7-3-5-16-6-4-11-25-22(16)18/h3-14H,1-2H3,(H,24,26)(H,27,28). The number of nitrogens with zero attached hydrogens (tertiary/aromatic N) is 2. The molecule has 2 heterocycles. The number of aromatic nitrogens is 2. The zero-order valence-electron chi connectivity index (χ0n) is 16.1. The highest BCUT2D eigenvalue weighted by Crippen LogP contribution is 2.27. The molecule has 4 rings (SSSR count). The van der Waals surface area contributed by atoms with Gasteiger partial charge < -0.3 is 15.4 Å². The van der Waals surface area contributed by atoms with Crippen LogP contribution in [0.4, 0.5) is 17.2 Å². The quantitative estimate of drug-likeness (QED) is 0.509. The Morgan fingerprint density at radius 2 is 1.79 bits per heavy atom. The fourth-order valence-electron chi connectivity index (χ4n) is 3.10. The number of carbonyl (C=O) groups excluding carboxylic acids is 1. The monoisotopic (exact) mass is 384 g/mol. The lowest BCUT2D eigenvalue weighted by Crippen LogP contribution is -2.13. The van der Waals surface area contributed by atoms with Crippen molar-refractivity contribution in [2.45, 2.75) is 6.92 Å².